The Morgan fingerprint density at radius 2 is 2.05 bits per heavy atom. The molecule has 0 radical (unpaired) electrons. The van der Waals surface area contributed by atoms with Crippen LogP contribution in [0.1, 0.15) is 11.3 Å². The minimum atomic E-state index is 0.457. The van der Waals surface area contributed by atoms with Gasteiger partial charge in [-0.15, -0.1) is 0 Å². The Morgan fingerprint density at radius 1 is 1.32 bits per heavy atom. The predicted octanol–water partition coefficient (Wildman–Crippen LogP) is 3.33. The summed E-state index contributed by atoms with van der Waals surface area (Å²) in [7, 11) is 1.83. The first kappa shape index (κ1) is 14.2. The van der Waals surface area contributed by atoms with Crippen LogP contribution in [0, 0.1) is 6.92 Å². The monoisotopic (exact) mass is 299 g/mol. The highest BCUT2D eigenvalue weighted by atomic mass is 35.5. The highest BCUT2D eigenvalue weighted by molar-refractivity contribution is 6.42. The average Bonchev–Trinajstić information content (AvgIpc) is 2.61. The summed E-state index contributed by atoms with van der Waals surface area (Å²) in [5.41, 5.74) is 7.54. The van der Waals surface area contributed by atoms with E-state index in [2.05, 4.69) is 5.10 Å². The van der Waals surface area contributed by atoms with Gasteiger partial charge in [0.05, 0.1) is 15.7 Å². The second-order valence-corrected chi connectivity index (χ2v) is 5.02. The maximum absolute atomic E-state index is 5.97. The standard InChI is InChI=1S/C13H15Cl2N3O/c1-8-10(5-6-16)13(18(2)17-8)19-9-3-4-11(14)12(15)7-9/h3-4,7H,5-6,16H2,1-2H3. The molecule has 0 aliphatic heterocycles. The molecule has 0 aliphatic carbocycles. The molecule has 0 bridgehead atoms. The summed E-state index contributed by atoms with van der Waals surface area (Å²) in [6.07, 6.45) is 0.719. The fourth-order valence-corrected chi connectivity index (χ4v) is 2.18. The molecule has 6 heteroatoms. The number of benzene rings is 1. The second kappa shape index (κ2) is 5.82. The molecule has 0 aliphatic rings. The average molecular weight is 300 g/mol. The lowest BCUT2D eigenvalue weighted by atomic mass is 10.2. The minimum Gasteiger partial charge on any atom is -0.439 e. The van der Waals surface area contributed by atoms with Crippen LogP contribution in [0.25, 0.3) is 0 Å². The zero-order chi connectivity index (χ0) is 14.0. The van der Waals surface area contributed by atoms with Crippen LogP contribution >= 0.6 is 23.2 Å². The normalized spacial score (nSPS) is 10.8. The quantitative estimate of drug-likeness (QED) is 0.942. The van der Waals surface area contributed by atoms with Gasteiger partial charge in [0.1, 0.15) is 5.75 Å². The molecule has 0 fully saturated rings. The first-order valence-corrected chi connectivity index (χ1v) is 6.64. The van der Waals surface area contributed by atoms with Crippen molar-refractivity contribution in [3.8, 4) is 11.6 Å². The molecule has 1 aromatic carbocycles. The maximum Gasteiger partial charge on any atom is 0.221 e. The van der Waals surface area contributed by atoms with Crippen LogP contribution in [-0.2, 0) is 13.5 Å². The molecule has 1 aromatic heterocycles. The third kappa shape index (κ3) is 3.03. The van der Waals surface area contributed by atoms with Crippen LogP contribution < -0.4 is 10.5 Å². The zero-order valence-electron chi connectivity index (χ0n) is 10.8. The van der Waals surface area contributed by atoms with Crippen LogP contribution in [0.15, 0.2) is 18.2 Å². The summed E-state index contributed by atoms with van der Waals surface area (Å²) in [6, 6.07) is 5.15. The van der Waals surface area contributed by atoms with Crippen molar-refractivity contribution in [2.24, 2.45) is 12.8 Å². The molecule has 0 spiro atoms. The van der Waals surface area contributed by atoms with Gasteiger partial charge in [-0.2, -0.15) is 5.10 Å². The summed E-state index contributed by atoms with van der Waals surface area (Å²) in [5, 5.41) is 5.30. The van der Waals surface area contributed by atoms with Gasteiger partial charge < -0.3 is 10.5 Å². The van der Waals surface area contributed by atoms with Crippen molar-refractivity contribution < 1.29 is 4.74 Å². The maximum atomic E-state index is 5.97. The van der Waals surface area contributed by atoms with Crippen LogP contribution in [0.2, 0.25) is 10.0 Å². The molecule has 4 nitrogen and oxygen atoms in total. The summed E-state index contributed by atoms with van der Waals surface area (Å²) in [4.78, 5) is 0. The van der Waals surface area contributed by atoms with E-state index < -0.39 is 0 Å². The molecule has 1 heterocycles. The Kier molecular flexibility index (Phi) is 4.34. The summed E-state index contributed by atoms with van der Waals surface area (Å²) in [5.74, 6) is 1.30. The summed E-state index contributed by atoms with van der Waals surface area (Å²) < 4.78 is 7.55. The molecule has 2 rings (SSSR count). The fraction of sp³-hybridized carbons (Fsp3) is 0.308. The topological polar surface area (TPSA) is 53.1 Å². The molecular formula is C13H15Cl2N3O. The van der Waals surface area contributed by atoms with E-state index in [9.17, 15) is 0 Å². The van der Waals surface area contributed by atoms with Crippen molar-refractivity contribution in [1.82, 2.24) is 9.78 Å². The first-order chi connectivity index (χ1) is 9.02. The van der Waals surface area contributed by atoms with Crippen molar-refractivity contribution in [2.45, 2.75) is 13.3 Å². The minimum absolute atomic E-state index is 0.457. The number of aryl methyl sites for hydroxylation is 2. The summed E-state index contributed by atoms with van der Waals surface area (Å²) >= 11 is 11.9. The van der Waals surface area contributed by atoms with E-state index in [1.807, 2.05) is 14.0 Å². The van der Waals surface area contributed by atoms with Crippen molar-refractivity contribution in [1.29, 1.82) is 0 Å². The largest absolute Gasteiger partial charge is 0.439 e. The van der Waals surface area contributed by atoms with E-state index in [0.717, 1.165) is 17.7 Å². The molecule has 0 saturated heterocycles. The second-order valence-electron chi connectivity index (χ2n) is 4.21. The number of halogens is 2. The van der Waals surface area contributed by atoms with Crippen molar-refractivity contribution in [3.05, 3.63) is 39.5 Å². The predicted molar refractivity (Wildman–Crippen MR) is 77.2 cm³/mol. The Bertz CT molecular complexity index is 596. The highest BCUT2D eigenvalue weighted by Gasteiger charge is 2.15. The van der Waals surface area contributed by atoms with E-state index in [0.29, 0.717) is 28.2 Å². The number of ether oxygens (including phenoxy) is 1. The van der Waals surface area contributed by atoms with Crippen LogP contribution in [0.4, 0.5) is 0 Å². The smallest absolute Gasteiger partial charge is 0.221 e. The van der Waals surface area contributed by atoms with Gasteiger partial charge >= 0.3 is 0 Å². The Labute approximate surface area is 122 Å². The molecule has 0 amide bonds. The molecule has 0 atom stereocenters. The van der Waals surface area contributed by atoms with Gasteiger partial charge in [-0.1, -0.05) is 23.2 Å². The lowest BCUT2D eigenvalue weighted by Crippen LogP contribution is -2.04. The fourth-order valence-electron chi connectivity index (χ4n) is 1.89. The van der Waals surface area contributed by atoms with E-state index >= 15 is 0 Å². The van der Waals surface area contributed by atoms with Gasteiger partial charge in [-0.25, -0.2) is 4.68 Å². The van der Waals surface area contributed by atoms with Crippen molar-refractivity contribution in [3.63, 3.8) is 0 Å². The van der Waals surface area contributed by atoms with E-state index in [1.54, 1.807) is 22.9 Å². The van der Waals surface area contributed by atoms with Crippen LogP contribution in [0.3, 0.4) is 0 Å². The molecule has 102 valence electrons. The van der Waals surface area contributed by atoms with Crippen molar-refractivity contribution in [2.75, 3.05) is 6.54 Å². The number of aromatic nitrogens is 2. The molecule has 0 unspecified atom stereocenters. The van der Waals surface area contributed by atoms with E-state index in [4.69, 9.17) is 33.7 Å². The molecule has 2 aromatic rings. The third-order valence-corrected chi connectivity index (χ3v) is 3.53. The number of nitrogens with two attached hydrogens (primary N) is 1. The zero-order valence-corrected chi connectivity index (χ0v) is 12.3. The Balaban J connectivity index is 2.34. The molecule has 0 saturated carbocycles. The summed E-state index contributed by atoms with van der Waals surface area (Å²) in [6.45, 7) is 2.48. The molecule has 2 N–H and O–H groups in total. The van der Waals surface area contributed by atoms with Gasteiger partial charge in [-0.3, -0.25) is 0 Å². The van der Waals surface area contributed by atoms with Crippen LogP contribution in [0.5, 0.6) is 11.6 Å². The Hall–Kier alpha value is -1.23. The van der Waals surface area contributed by atoms with Gasteiger partial charge in [0.2, 0.25) is 5.88 Å². The number of hydrogen-bond donors (Lipinski definition) is 1. The lowest BCUT2D eigenvalue weighted by Gasteiger charge is -2.09. The third-order valence-electron chi connectivity index (χ3n) is 2.79. The molecular weight excluding hydrogens is 285 g/mol. The van der Waals surface area contributed by atoms with Gasteiger partial charge in [0.15, 0.2) is 0 Å². The van der Waals surface area contributed by atoms with Gasteiger partial charge in [0.25, 0.3) is 0 Å². The van der Waals surface area contributed by atoms with Gasteiger partial charge in [0, 0.05) is 18.7 Å². The van der Waals surface area contributed by atoms with Gasteiger partial charge in [-0.05, 0) is 32.0 Å². The number of rotatable bonds is 4. The lowest BCUT2D eigenvalue weighted by molar-refractivity contribution is 0.426. The number of nitrogens with zero attached hydrogens (tertiary/aromatic N) is 2. The molecule has 19 heavy (non-hydrogen) atoms. The van der Waals surface area contributed by atoms with E-state index in [1.165, 1.54) is 0 Å². The SMILES string of the molecule is Cc1nn(C)c(Oc2ccc(Cl)c(Cl)c2)c1CCN. The van der Waals surface area contributed by atoms with E-state index in [-0.39, 0.29) is 0 Å². The highest BCUT2D eigenvalue weighted by Crippen LogP contribution is 2.31. The first-order valence-electron chi connectivity index (χ1n) is 5.88. The Morgan fingerprint density at radius 3 is 2.68 bits per heavy atom. The number of hydrogen-bond acceptors (Lipinski definition) is 3. The van der Waals surface area contributed by atoms with Crippen LogP contribution in [-0.4, -0.2) is 16.3 Å². The van der Waals surface area contributed by atoms with Crippen molar-refractivity contribution >= 4 is 23.2 Å².